The molecular weight excluding hydrogens is 676 g/mol. The molecule has 1 fully saturated rings. The summed E-state index contributed by atoms with van der Waals surface area (Å²) in [5.41, 5.74) is 1.01. The van der Waals surface area contributed by atoms with Gasteiger partial charge in [-0.25, -0.2) is 4.63 Å². The fraction of sp³-hybridized carbons (Fsp3) is 0.571. The lowest BCUT2D eigenvalue weighted by atomic mass is 10.0. The molecule has 4 rings (SSSR count). The lowest BCUT2D eigenvalue weighted by molar-refractivity contribution is -0.383. The number of carbonyl (C=O) groups excluding carboxylic acids is 2. The van der Waals surface area contributed by atoms with Crippen molar-refractivity contribution in [1.29, 1.82) is 0 Å². The predicted molar refractivity (Wildman–Crippen MR) is 192 cm³/mol. The number of nitro groups is 1. The van der Waals surface area contributed by atoms with Crippen LogP contribution in [0.1, 0.15) is 47.1 Å². The van der Waals surface area contributed by atoms with Crippen LogP contribution in [-0.4, -0.2) is 136 Å². The van der Waals surface area contributed by atoms with E-state index in [1.165, 1.54) is 6.07 Å². The zero-order valence-corrected chi connectivity index (χ0v) is 30.7. The van der Waals surface area contributed by atoms with Crippen LogP contribution >= 0.6 is 0 Å². The van der Waals surface area contributed by atoms with Crippen molar-refractivity contribution in [3.63, 3.8) is 0 Å². The summed E-state index contributed by atoms with van der Waals surface area (Å²) in [6.45, 7) is 14.7. The van der Waals surface area contributed by atoms with Crippen LogP contribution in [0.5, 0.6) is 0 Å². The fourth-order valence-corrected chi connectivity index (χ4v) is 5.81. The van der Waals surface area contributed by atoms with E-state index in [9.17, 15) is 29.6 Å². The lowest BCUT2D eigenvalue weighted by Gasteiger charge is -2.30. The minimum atomic E-state index is -0.921. The highest BCUT2D eigenvalue weighted by atomic mass is 16.6. The van der Waals surface area contributed by atoms with Gasteiger partial charge in [0.05, 0.1) is 30.2 Å². The molecule has 284 valence electrons. The molecule has 0 amide bonds. The second kappa shape index (κ2) is 17.7. The summed E-state index contributed by atoms with van der Waals surface area (Å²) in [4.78, 5) is 54.0. The fourth-order valence-electron chi connectivity index (χ4n) is 5.81. The molecule has 1 aliphatic rings. The zero-order chi connectivity index (χ0) is 38.1. The summed E-state index contributed by atoms with van der Waals surface area (Å²) in [6, 6.07) is 10.3. The quantitative estimate of drug-likeness (QED) is 0.124. The number of nitrogens with one attached hydrogen (secondary N) is 2. The molecule has 1 unspecified atom stereocenters. The predicted octanol–water partition coefficient (Wildman–Crippen LogP) is 3.06. The van der Waals surface area contributed by atoms with Gasteiger partial charge in [-0.1, -0.05) is 12.1 Å². The molecule has 3 N–H and O–H groups in total. The topological polar surface area (TPSA) is 206 Å². The largest absolute Gasteiger partial charge is 0.480 e. The van der Waals surface area contributed by atoms with Gasteiger partial charge in [0, 0.05) is 63.6 Å². The van der Waals surface area contributed by atoms with Crippen molar-refractivity contribution >= 4 is 46.0 Å². The summed E-state index contributed by atoms with van der Waals surface area (Å²) < 4.78 is 15.9. The first kappa shape index (κ1) is 40.1. The van der Waals surface area contributed by atoms with Crippen LogP contribution < -0.4 is 10.6 Å². The maximum atomic E-state index is 12.7. The van der Waals surface area contributed by atoms with Gasteiger partial charge in [0.1, 0.15) is 11.2 Å². The Balaban J connectivity index is 1.49. The number of non-ortho nitro benzene ring substituents is 1. The molecule has 17 heteroatoms. The van der Waals surface area contributed by atoms with E-state index in [-0.39, 0.29) is 54.3 Å². The number of rotatable bonds is 14. The van der Waals surface area contributed by atoms with Crippen molar-refractivity contribution in [2.75, 3.05) is 70.8 Å². The van der Waals surface area contributed by atoms with Gasteiger partial charge >= 0.3 is 23.6 Å². The molecule has 2 aromatic carbocycles. The van der Waals surface area contributed by atoms with Crippen LogP contribution in [0, 0.1) is 10.1 Å². The number of benzene rings is 2. The van der Waals surface area contributed by atoms with E-state index in [0.29, 0.717) is 63.6 Å². The molecule has 1 aromatic heterocycles. The minimum Gasteiger partial charge on any atom is -0.480 e. The van der Waals surface area contributed by atoms with Gasteiger partial charge in [-0.3, -0.25) is 39.2 Å². The van der Waals surface area contributed by atoms with Crippen molar-refractivity contribution in [2.45, 2.75) is 65.2 Å². The summed E-state index contributed by atoms with van der Waals surface area (Å²) >= 11 is 0. The van der Waals surface area contributed by atoms with Crippen molar-refractivity contribution in [3.05, 3.63) is 52.1 Å². The number of nitro benzene ring substituents is 1. The van der Waals surface area contributed by atoms with Crippen LogP contribution in [0.4, 0.5) is 17.1 Å². The molecule has 1 saturated heterocycles. The van der Waals surface area contributed by atoms with E-state index in [4.69, 9.17) is 14.1 Å². The monoisotopic (exact) mass is 726 g/mol. The Morgan fingerprint density at radius 3 is 1.98 bits per heavy atom. The molecule has 0 spiro atoms. The maximum Gasteiger partial charge on any atom is 0.320 e. The number of carboxylic acids is 1. The van der Waals surface area contributed by atoms with Crippen molar-refractivity contribution in [2.24, 2.45) is 0 Å². The Hall–Kier alpha value is -4.71. The van der Waals surface area contributed by atoms with Crippen molar-refractivity contribution in [1.82, 2.24) is 30.3 Å². The van der Waals surface area contributed by atoms with E-state index < -0.39 is 22.1 Å². The molecule has 0 saturated carbocycles. The van der Waals surface area contributed by atoms with E-state index in [0.717, 1.165) is 5.56 Å². The van der Waals surface area contributed by atoms with Gasteiger partial charge in [-0.15, -0.1) is 0 Å². The Labute approximate surface area is 302 Å². The molecule has 0 bridgehead atoms. The smallest absolute Gasteiger partial charge is 0.320 e. The number of fused-ring (bicyclic) bond motifs is 1. The number of nitrogens with zero attached hydrogens (tertiary/aromatic N) is 6. The molecule has 1 aliphatic heterocycles. The minimum absolute atomic E-state index is 0.00674. The Morgan fingerprint density at radius 2 is 1.40 bits per heavy atom. The first-order chi connectivity index (χ1) is 24.4. The molecule has 0 aliphatic carbocycles. The lowest BCUT2D eigenvalue weighted by Crippen LogP contribution is -2.48. The van der Waals surface area contributed by atoms with E-state index in [1.54, 1.807) is 6.07 Å². The van der Waals surface area contributed by atoms with Crippen molar-refractivity contribution < 1.29 is 38.5 Å². The molecular formula is C35H50N8O9. The Morgan fingerprint density at radius 1 is 0.846 bits per heavy atom. The van der Waals surface area contributed by atoms with Gasteiger partial charge in [0.25, 0.3) is 0 Å². The highest BCUT2D eigenvalue weighted by Gasteiger charge is 2.25. The molecule has 52 heavy (non-hydrogen) atoms. The third-order valence-electron chi connectivity index (χ3n) is 8.07. The second-order valence-corrected chi connectivity index (χ2v) is 14.9. The van der Waals surface area contributed by atoms with Crippen LogP contribution in [0.25, 0.3) is 11.0 Å². The average Bonchev–Trinajstić information content (AvgIpc) is 3.54. The number of carbonyl (C=O) groups is 3. The number of aromatic nitrogens is 2. The second-order valence-electron chi connectivity index (χ2n) is 14.9. The number of aliphatic carboxylic acids is 1. The van der Waals surface area contributed by atoms with Gasteiger partial charge < -0.3 is 25.2 Å². The van der Waals surface area contributed by atoms with Crippen LogP contribution in [0.2, 0.25) is 0 Å². The number of carboxylic acid groups (broad SMARTS) is 1. The first-order valence-electron chi connectivity index (χ1n) is 17.3. The van der Waals surface area contributed by atoms with Gasteiger partial charge in [-0.05, 0) is 82.0 Å². The normalized spacial score (nSPS) is 16.0. The highest BCUT2D eigenvalue weighted by molar-refractivity contribution is 5.94. The van der Waals surface area contributed by atoms with Crippen LogP contribution in [0.15, 0.2) is 41.0 Å². The number of anilines is 2. The number of hydrogen-bond donors (Lipinski definition) is 3. The SMILES string of the molecule is CC(C)(C)OC(=O)CNC(Cc1ccc(Nc2ccc([N+](=O)[O-])c3nonc23)cc1)CN1CCN(CC(=O)O)CCN(CC(=O)OC(C)(C)C)CC1. The third kappa shape index (κ3) is 13.1. The molecule has 2 heterocycles. The standard InChI is InChI=1S/C35H50N8O9/c1-34(2,3)50-30(46)20-36-26(19-24-7-9-25(10-8-24)37-27-11-12-28(43(48)49)33-32(27)38-52-39-33)21-40-13-15-41(22-29(44)45)16-18-42(17-14-40)23-31(47)51-35(4,5)6/h7-12,26,36-37H,13-23H2,1-6H3,(H,44,45). The number of esters is 2. The summed E-state index contributed by atoms with van der Waals surface area (Å²) in [7, 11) is 0. The van der Waals surface area contributed by atoms with E-state index >= 15 is 0 Å². The van der Waals surface area contributed by atoms with Gasteiger partial charge in [-0.2, -0.15) is 0 Å². The number of hydrogen-bond acceptors (Lipinski definition) is 15. The van der Waals surface area contributed by atoms with E-state index in [1.807, 2.05) is 75.6 Å². The summed E-state index contributed by atoms with van der Waals surface area (Å²) in [5.74, 6) is -1.64. The van der Waals surface area contributed by atoms with Gasteiger partial charge in [0.2, 0.25) is 5.52 Å². The van der Waals surface area contributed by atoms with Crippen LogP contribution in [-0.2, 0) is 30.3 Å². The van der Waals surface area contributed by atoms with Gasteiger partial charge in [0.15, 0.2) is 5.52 Å². The van der Waals surface area contributed by atoms with Crippen LogP contribution in [0.3, 0.4) is 0 Å². The molecule has 1 atom stereocenters. The van der Waals surface area contributed by atoms with E-state index in [2.05, 4.69) is 25.8 Å². The van der Waals surface area contributed by atoms with Crippen molar-refractivity contribution in [3.8, 4) is 0 Å². The molecule has 0 radical (unpaired) electrons. The zero-order valence-electron chi connectivity index (χ0n) is 30.7. The third-order valence-corrected chi connectivity index (χ3v) is 8.07. The summed E-state index contributed by atoms with van der Waals surface area (Å²) in [6.07, 6.45) is 0.551. The maximum absolute atomic E-state index is 12.7. The molecule has 17 nitrogen and oxygen atoms in total. The average molecular weight is 727 g/mol. The Bertz CT molecular complexity index is 1680. The number of ether oxygens (including phenoxy) is 2. The molecule has 3 aromatic rings. The first-order valence-corrected chi connectivity index (χ1v) is 17.3. The summed E-state index contributed by atoms with van der Waals surface area (Å²) in [5, 5.41) is 35.0. The Kier molecular flexibility index (Phi) is 13.6. The highest BCUT2D eigenvalue weighted by Crippen LogP contribution is 2.30.